The third-order valence-corrected chi connectivity index (χ3v) is 4.31. The average molecular weight is 369 g/mol. The van der Waals surface area contributed by atoms with Crippen LogP contribution in [0.15, 0.2) is 18.2 Å². The highest BCUT2D eigenvalue weighted by molar-refractivity contribution is 6.31. The number of methoxy groups -OCH3 is 1. The van der Waals surface area contributed by atoms with Crippen molar-refractivity contribution in [1.82, 2.24) is 15.1 Å². The number of benzene rings is 1. The van der Waals surface area contributed by atoms with Gasteiger partial charge in [-0.2, -0.15) is 0 Å². The van der Waals surface area contributed by atoms with Crippen LogP contribution < -0.4 is 15.4 Å². The standard InChI is InChI=1S/C17H25ClN4O3/c1-3-19-17(24)22-10-8-21(9-11-22)7-6-16(23)20-14-12-13(18)4-5-15(14)25-2/h4-5,12H,3,6-11H2,1-2H3,(H,19,24)(H,20,23). The van der Waals surface area contributed by atoms with E-state index in [1.165, 1.54) is 0 Å². The van der Waals surface area contributed by atoms with Crippen molar-refractivity contribution in [2.24, 2.45) is 0 Å². The number of ether oxygens (including phenoxy) is 1. The Bertz CT molecular complexity index is 604. The molecule has 1 heterocycles. The molecule has 2 N–H and O–H groups in total. The number of nitrogens with zero attached hydrogens (tertiary/aromatic N) is 2. The van der Waals surface area contributed by atoms with Gasteiger partial charge in [-0.05, 0) is 25.1 Å². The first-order valence-corrected chi connectivity index (χ1v) is 8.79. The molecule has 2 rings (SSSR count). The zero-order valence-corrected chi connectivity index (χ0v) is 15.4. The molecular weight excluding hydrogens is 344 g/mol. The molecule has 0 radical (unpaired) electrons. The Morgan fingerprint density at radius 1 is 1.24 bits per heavy atom. The number of nitrogens with one attached hydrogen (secondary N) is 2. The lowest BCUT2D eigenvalue weighted by Gasteiger charge is -2.34. The Labute approximate surface area is 153 Å². The summed E-state index contributed by atoms with van der Waals surface area (Å²) >= 11 is 5.97. The molecule has 0 spiro atoms. The monoisotopic (exact) mass is 368 g/mol. The minimum Gasteiger partial charge on any atom is -0.495 e. The highest BCUT2D eigenvalue weighted by atomic mass is 35.5. The van der Waals surface area contributed by atoms with Crippen LogP contribution in [0.2, 0.25) is 5.02 Å². The topological polar surface area (TPSA) is 73.9 Å². The van der Waals surface area contributed by atoms with Gasteiger partial charge in [0.1, 0.15) is 5.75 Å². The van der Waals surface area contributed by atoms with E-state index in [1.54, 1.807) is 30.2 Å². The number of anilines is 1. The van der Waals surface area contributed by atoms with E-state index < -0.39 is 0 Å². The second-order valence-corrected chi connectivity index (χ2v) is 6.24. The molecule has 0 saturated carbocycles. The third-order valence-electron chi connectivity index (χ3n) is 4.08. The van der Waals surface area contributed by atoms with Crippen LogP contribution in [0.25, 0.3) is 0 Å². The molecule has 0 bridgehead atoms. The van der Waals surface area contributed by atoms with E-state index in [-0.39, 0.29) is 11.9 Å². The largest absolute Gasteiger partial charge is 0.495 e. The van der Waals surface area contributed by atoms with Gasteiger partial charge in [-0.3, -0.25) is 9.69 Å². The molecule has 7 nitrogen and oxygen atoms in total. The summed E-state index contributed by atoms with van der Waals surface area (Å²) < 4.78 is 5.22. The van der Waals surface area contributed by atoms with Gasteiger partial charge in [0.25, 0.3) is 0 Å². The fourth-order valence-electron chi connectivity index (χ4n) is 2.69. The summed E-state index contributed by atoms with van der Waals surface area (Å²) in [4.78, 5) is 27.9. The number of rotatable bonds is 6. The molecule has 25 heavy (non-hydrogen) atoms. The molecule has 8 heteroatoms. The van der Waals surface area contributed by atoms with Crippen LogP contribution >= 0.6 is 11.6 Å². The Hall–Kier alpha value is -1.99. The molecule has 0 atom stereocenters. The van der Waals surface area contributed by atoms with Crippen LogP contribution in [0.1, 0.15) is 13.3 Å². The van der Waals surface area contributed by atoms with Crippen LogP contribution in [-0.4, -0.2) is 68.1 Å². The number of piperazine rings is 1. The van der Waals surface area contributed by atoms with E-state index in [2.05, 4.69) is 15.5 Å². The maximum atomic E-state index is 12.2. The lowest BCUT2D eigenvalue weighted by atomic mass is 10.2. The smallest absolute Gasteiger partial charge is 0.317 e. The van der Waals surface area contributed by atoms with Crippen molar-refractivity contribution in [2.75, 3.05) is 51.7 Å². The SMILES string of the molecule is CCNC(=O)N1CCN(CCC(=O)Nc2cc(Cl)ccc2OC)CC1. The zero-order chi connectivity index (χ0) is 18.2. The summed E-state index contributed by atoms with van der Waals surface area (Å²) in [6.07, 6.45) is 0.372. The predicted molar refractivity (Wildman–Crippen MR) is 98.3 cm³/mol. The molecule has 138 valence electrons. The molecule has 1 aliphatic rings. The lowest BCUT2D eigenvalue weighted by molar-refractivity contribution is -0.116. The van der Waals surface area contributed by atoms with Gasteiger partial charge in [-0.15, -0.1) is 0 Å². The number of hydrogen-bond acceptors (Lipinski definition) is 4. The van der Waals surface area contributed by atoms with Crippen molar-refractivity contribution in [3.63, 3.8) is 0 Å². The number of urea groups is 1. The Balaban J connectivity index is 1.76. The Morgan fingerprint density at radius 2 is 1.96 bits per heavy atom. The maximum absolute atomic E-state index is 12.2. The van der Waals surface area contributed by atoms with Gasteiger partial charge in [0.05, 0.1) is 12.8 Å². The van der Waals surface area contributed by atoms with Crippen LogP contribution in [0.3, 0.4) is 0 Å². The first-order valence-electron chi connectivity index (χ1n) is 8.42. The van der Waals surface area contributed by atoms with Gasteiger partial charge in [-0.1, -0.05) is 11.6 Å². The fraction of sp³-hybridized carbons (Fsp3) is 0.529. The van der Waals surface area contributed by atoms with Gasteiger partial charge in [-0.25, -0.2) is 4.79 Å². The van der Waals surface area contributed by atoms with Crippen molar-refractivity contribution in [1.29, 1.82) is 0 Å². The zero-order valence-electron chi connectivity index (χ0n) is 14.7. The molecule has 1 fully saturated rings. The summed E-state index contributed by atoms with van der Waals surface area (Å²) in [5, 5.41) is 6.18. The molecule has 1 aliphatic heterocycles. The molecular formula is C17H25ClN4O3. The van der Waals surface area contributed by atoms with Crippen LogP contribution in [0.4, 0.5) is 10.5 Å². The predicted octanol–water partition coefficient (Wildman–Crippen LogP) is 2.02. The molecule has 0 aliphatic carbocycles. The summed E-state index contributed by atoms with van der Waals surface area (Å²) in [6, 6.07) is 5.08. The van der Waals surface area contributed by atoms with Gasteiger partial charge < -0.3 is 20.3 Å². The van der Waals surface area contributed by atoms with E-state index in [0.29, 0.717) is 49.1 Å². The van der Waals surface area contributed by atoms with Gasteiger partial charge in [0, 0.05) is 50.7 Å². The first kappa shape index (κ1) is 19.3. The summed E-state index contributed by atoms with van der Waals surface area (Å²) in [7, 11) is 1.55. The van der Waals surface area contributed by atoms with Crippen LogP contribution in [0.5, 0.6) is 5.75 Å². The van der Waals surface area contributed by atoms with E-state index in [1.807, 2.05) is 6.92 Å². The molecule has 1 aromatic carbocycles. The van der Waals surface area contributed by atoms with E-state index in [4.69, 9.17) is 16.3 Å². The van der Waals surface area contributed by atoms with Crippen molar-refractivity contribution in [2.45, 2.75) is 13.3 Å². The number of hydrogen-bond donors (Lipinski definition) is 2. The summed E-state index contributed by atoms with van der Waals surface area (Å²) in [5.74, 6) is 0.486. The molecule has 1 aromatic rings. The maximum Gasteiger partial charge on any atom is 0.317 e. The van der Waals surface area contributed by atoms with Crippen molar-refractivity contribution in [3.8, 4) is 5.75 Å². The van der Waals surface area contributed by atoms with Crippen LogP contribution in [0, 0.1) is 0 Å². The minimum absolute atomic E-state index is 0.0204. The number of carbonyl (C=O) groups excluding carboxylic acids is 2. The lowest BCUT2D eigenvalue weighted by Crippen LogP contribution is -2.52. The quantitative estimate of drug-likeness (QED) is 0.805. The van der Waals surface area contributed by atoms with E-state index in [9.17, 15) is 9.59 Å². The number of amides is 3. The molecule has 1 saturated heterocycles. The van der Waals surface area contributed by atoms with E-state index >= 15 is 0 Å². The van der Waals surface area contributed by atoms with Crippen LogP contribution in [-0.2, 0) is 4.79 Å². The van der Waals surface area contributed by atoms with Gasteiger partial charge in [0.2, 0.25) is 5.91 Å². The molecule has 3 amide bonds. The second-order valence-electron chi connectivity index (χ2n) is 5.81. The Kier molecular flexibility index (Phi) is 7.33. The minimum atomic E-state index is -0.0910. The molecule has 0 unspecified atom stereocenters. The van der Waals surface area contributed by atoms with Gasteiger partial charge >= 0.3 is 6.03 Å². The van der Waals surface area contributed by atoms with Gasteiger partial charge in [0.15, 0.2) is 0 Å². The number of halogens is 1. The van der Waals surface area contributed by atoms with Crippen molar-refractivity contribution in [3.05, 3.63) is 23.2 Å². The first-order chi connectivity index (χ1) is 12.0. The summed E-state index contributed by atoms with van der Waals surface area (Å²) in [5.41, 5.74) is 0.570. The highest BCUT2D eigenvalue weighted by Crippen LogP contribution is 2.27. The Morgan fingerprint density at radius 3 is 2.60 bits per heavy atom. The van der Waals surface area contributed by atoms with Crippen molar-refractivity contribution < 1.29 is 14.3 Å². The van der Waals surface area contributed by atoms with Crippen molar-refractivity contribution >= 4 is 29.2 Å². The fourth-order valence-corrected chi connectivity index (χ4v) is 2.86. The number of carbonyl (C=O) groups is 2. The van der Waals surface area contributed by atoms with E-state index in [0.717, 1.165) is 13.1 Å². The summed E-state index contributed by atoms with van der Waals surface area (Å²) in [6.45, 7) is 6.08. The second kappa shape index (κ2) is 9.48. The molecule has 0 aromatic heterocycles. The highest BCUT2D eigenvalue weighted by Gasteiger charge is 2.21. The third kappa shape index (κ3) is 5.79. The average Bonchev–Trinajstić information content (AvgIpc) is 2.61. The normalized spacial score (nSPS) is 14.9.